The highest BCUT2D eigenvalue weighted by Gasteiger charge is 2.29. The van der Waals surface area contributed by atoms with Crippen LogP contribution in [-0.4, -0.2) is 28.2 Å². The number of anilines is 1. The van der Waals surface area contributed by atoms with Crippen molar-refractivity contribution in [3.05, 3.63) is 46.3 Å². The number of aromatic nitrogens is 2. The molecule has 0 spiro atoms. The first-order valence-electron chi connectivity index (χ1n) is 9.59. The second-order valence-electron chi connectivity index (χ2n) is 8.28. The van der Waals surface area contributed by atoms with Gasteiger partial charge in [0.2, 0.25) is 0 Å². The van der Waals surface area contributed by atoms with E-state index in [-0.39, 0.29) is 17.1 Å². The second kappa shape index (κ2) is 7.38. The minimum absolute atomic E-state index is 0.188. The van der Waals surface area contributed by atoms with Crippen molar-refractivity contribution in [2.75, 3.05) is 12.8 Å². The Morgan fingerprint density at radius 3 is 2.47 bits per heavy atom. The van der Waals surface area contributed by atoms with Crippen LogP contribution in [0.3, 0.4) is 0 Å². The number of nitriles is 1. The van der Waals surface area contributed by atoms with Gasteiger partial charge in [-0.3, -0.25) is 4.57 Å². The van der Waals surface area contributed by atoms with E-state index in [0.29, 0.717) is 22.3 Å². The summed E-state index contributed by atoms with van der Waals surface area (Å²) in [6.45, 7) is 11.0. The fourth-order valence-corrected chi connectivity index (χ4v) is 3.69. The summed E-state index contributed by atoms with van der Waals surface area (Å²) in [6.07, 6.45) is 0. The molecule has 0 atom stereocenters. The molecule has 0 bridgehead atoms. The summed E-state index contributed by atoms with van der Waals surface area (Å²) in [5, 5.41) is 10.3. The Labute approximate surface area is 176 Å². The van der Waals surface area contributed by atoms with Gasteiger partial charge in [0.15, 0.2) is 5.69 Å². The number of pyridine rings is 1. The molecule has 0 aliphatic heterocycles. The smallest absolute Gasteiger partial charge is 0.343 e. The highest BCUT2D eigenvalue weighted by molar-refractivity contribution is 6.11. The van der Waals surface area contributed by atoms with Crippen molar-refractivity contribution < 1.29 is 14.3 Å². The fraction of sp³-hybridized carbons (Fsp3) is 0.348. The Hall–Kier alpha value is -3.53. The molecule has 0 saturated heterocycles. The van der Waals surface area contributed by atoms with Crippen molar-refractivity contribution in [3.8, 4) is 17.5 Å². The number of fused-ring (bicyclic) bond motifs is 1. The van der Waals surface area contributed by atoms with E-state index in [1.165, 1.54) is 0 Å². The Bertz CT molecular complexity index is 1210. The lowest BCUT2D eigenvalue weighted by molar-refractivity contribution is 0.00730. The van der Waals surface area contributed by atoms with Gasteiger partial charge in [-0.1, -0.05) is 6.07 Å². The van der Waals surface area contributed by atoms with E-state index in [1.807, 2.05) is 26.0 Å². The van der Waals surface area contributed by atoms with Gasteiger partial charge in [-0.2, -0.15) is 5.26 Å². The number of carbonyl (C=O) groups is 1. The van der Waals surface area contributed by atoms with Crippen molar-refractivity contribution in [3.63, 3.8) is 0 Å². The zero-order valence-corrected chi connectivity index (χ0v) is 18.4. The van der Waals surface area contributed by atoms with Gasteiger partial charge in [0.1, 0.15) is 28.8 Å². The van der Waals surface area contributed by atoms with Gasteiger partial charge in [0, 0.05) is 16.6 Å². The lowest BCUT2D eigenvalue weighted by Gasteiger charge is -2.20. The number of rotatable bonds is 3. The van der Waals surface area contributed by atoms with Crippen LogP contribution >= 0.6 is 0 Å². The third kappa shape index (κ3) is 3.45. The van der Waals surface area contributed by atoms with Crippen LogP contribution in [0.5, 0.6) is 5.75 Å². The summed E-state index contributed by atoms with van der Waals surface area (Å²) >= 11 is 0. The number of nitrogen functional groups attached to an aromatic ring is 1. The lowest BCUT2D eigenvalue weighted by Crippen LogP contribution is -2.24. The van der Waals surface area contributed by atoms with E-state index in [4.69, 9.17) is 15.2 Å². The molecule has 3 rings (SSSR count). The van der Waals surface area contributed by atoms with Crippen LogP contribution in [0.25, 0.3) is 16.6 Å². The molecule has 0 fully saturated rings. The molecule has 0 saturated carbocycles. The molecule has 0 unspecified atom stereocenters. The van der Waals surface area contributed by atoms with Crippen LogP contribution in [0.4, 0.5) is 5.82 Å². The maximum Gasteiger partial charge on any atom is 0.343 e. The zero-order valence-electron chi connectivity index (χ0n) is 18.4. The predicted octanol–water partition coefficient (Wildman–Crippen LogP) is 4.37. The summed E-state index contributed by atoms with van der Waals surface area (Å²) in [7, 11) is 1.59. The number of benzene rings is 1. The van der Waals surface area contributed by atoms with Gasteiger partial charge in [0.25, 0.3) is 0 Å². The van der Waals surface area contributed by atoms with Crippen molar-refractivity contribution in [1.29, 1.82) is 5.26 Å². The molecule has 156 valence electrons. The molecule has 0 radical (unpaired) electrons. The van der Waals surface area contributed by atoms with Crippen molar-refractivity contribution in [2.24, 2.45) is 0 Å². The first-order valence-corrected chi connectivity index (χ1v) is 9.59. The van der Waals surface area contributed by atoms with Gasteiger partial charge in [-0.05, 0) is 59.2 Å². The number of hydrogen-bond donors (Lipinski definition) is 1. The summed E-state index contributed by atoms with van der Waals surface area (Å²) in [4.78, 5) is 17.5. The third-order valence-electron chi connectivity index (χ3n) is 4.85. The second-order valence-corrected chi connectivity index (χ2v) is 8.28. The van der Waals surface area contributed by atoms with E-state index >= 15 is 0 Å². The molecule has 0 amide bonds. The first-order chi connectivity index (χ1) is 14.0. The number of aryl methyl sites for hydroxylation is 2. The van der Waals surface area contributed by atoms with E-state index in [0.717, 1.165) is 16.8 Å². The van der Waals surface area contributed by atoms with Gasteiger partial charge >= 0.3 is 5.97 Å². The minimum Gasteiger partial charge on any atom is -0.496 e. The Kier molecular flexibility index (Phi) is 5.21. The number of carbonyl (C=O) groups excluding carboxylic acids is 1. The fourth-order valence-electron chi connectivity index (χ4n) is 3.69. The quantitative estimate of drug-likeness (QED) is 0.648. The molecule has 2 N–H and O–H groups in total. The SMILES string of the molecule is COc1ccc(C)c(-n2c(N)c(C(=O)OC(C)(C)C)c3cc(C)nc(C#N)c32)c1C. The van der Waals surface area contributed by atoms with Gasteiger partial charge < -0.3 is 15.2 Å². The molecular weight excluding hydrogens is 380 g/mol. The van der Waals surface area contributed by atoms with Crippen molar-refractivity contribution in [2.45, 2.75) is 47.1 Å². The summed E-state index contributed by atoms with van der Waals surface area (Å²) in [6, 6.07) is 7.69. The molecule has 2 aromatic heterocycles. The molecule has 2 heterocycles. The predicted molar refractivity (Wildman–Crippen MR) is 116 cm³/mol. The summed E-state index contributed by atoms with van der Waals surface area (Å²) in [5.41, 5.74) is 9.85. The third-order valence-corrected chi connectivity index (χ3v) is 4.85. The number of nitrogens with zero attached hydrogens (tertiary/aromatic N) is 3. The molecule has 7 nitrogen and oxygen atoms in total. The van der Waals surface area contributed by atoms with Crippen LogP contribution in [0.15, 0.2) is 18.2 Å². The normalized spacial score (nSPS) is 11.4. The number of ether oxygens (including phenoxy) is 2. The standard InChI is InChI=1S/C23H26N4O3/c1-12-8-9-17(29-7)14(3)19(12)27-20-15(10-13(2)26-16(20)11-24)18(21(27)25)22(28)30-23(4,5)6/h8-10H,25H2,1-7H3. The largest absolute Gasteiger partial charge is 0.496 e. The van der Waals surface area contributed by atoms with Crippen molar-refractivity contribution >= 4 is 22.7 Å². The Morgan fingerprint density at radius 1 is 1.23 bits per heavy atom. The summed E-state index contributed by atoms with van der Waals surface area (Å²) < 4.78 is 12.8. The van der Waals surface area contributed by atoms with Crippen molar-refractivity contribution in [1.82, 2.24) is 9.55 Å². The molecule has 0 aliphatic rings. The maximum atomic E-state index is 13.1. The highest BCUT2D eigenvalue weighted by Crippen LogP contribution is 2.38. The maximum absolute atomic E-state index is 13.1. The van der Waals surface area contributed by atoms with Crippen LogP contribution < -0.4 is 10.5 Å². The van der Waals surface area contributed by atoms with Crippen LogP contribution in [0.2, 0.25) is 0 Å². The molecule has 3 aromatic rings. The molecule has 1 aromatic carbocycles. The molecule has 7 heteroatoms. The minimum atomic E-state index is -0.695. The molecular formula is C23H26N4O3. The van der Waals surface area contributed by atoms with Gasteiger partial charge in [0.05, 0.1) is 18.3 Å². The van der Waals surface area contributed by atoms with Crippen LogP contribution in [0, 0.1) is 32.1 Å². The van der Waals surface area contributed by atoms with E-state index in [1.54, 1.807) is 45.4 Å². The average Bonchev–Trinajstić information content (AvgIpc) is 2.92. The molecule has 0 aliphatic carbocycles. The average molecular weight is 406 g/mol. The number of nitrogens with two attached hydrogens (primary N) is 1. The highest BCUT2D eigenvalue weighted by atomic mass is 16.6. The van der Waals surface area contributed by atoms with Gasteiger partial charge in [-0.15, -0.1) is 0 Å². The lowest BCUT2D eigenvalue weighted by atomic mass is 10.1. The van der Waals surface area contributed by atoms with E-state index < -0.39 is 11.6 Å². The molecule has 30 heavy (non-hydrogen) atoms. The monoisotopic (exact) mass is 406 g/mol. The van der Waals surface area contributed by atoms with Gasteiger partial charge in [-0.25, -0.2) is 9.78 Å². The first kappa shape index (κ1) is 21.2. The Balaban J connectivity index is 2.50. The number of esters is 1. The Morgan fingerprint density at radius 2 is 1.90 bits per heavy atom. The number of hydrogen-bond acceptors (Lipinski definition) is 6. The van der Waals surface area contributed by atoms with E-state index in [9.17, 15) is 10.1 Å². The van der Waals surface area contributed by atoms with Crippen LogP contribution in [0.1, 0.15) is 53.6 Å². The topological polar surface area (TPSA) is 103 Å². The zero-order chi connectivity index (χ0) is 22.4. The number of methoxy groups -OCH3 is 1. The van der Waals surface area contributed by atoms with Crippen LogP contribution in [-0.2, 0) is 4.74 Å². The summed E-state index contributed by atoms with van der Waals surface area (Å²) in [5.74, 6) is 0.327. The van der Waals surface area contributed by atoms with E-state index in [2.05, 4.69) is 11.1 Å².